The maximum absolute atomic E-state index is 12.3. The second-order valence-electron chi connectivity index (χ2n) is 5.98. The van der Waals surface area contributed by atoms with E-state index in [1.807, 2.05) is 6.92 Å². The van der Waals surface area contributed by atoms with Crippen LogP contribution in [0.15, 0.2) is 24.3 Å². The van der Waals surface area contributed by atoms with Crippen molar-refractivity contribution in [3.63, 3.8) is 0 Å². The third-order valence-corrected chi connectivity index (χ3v) is 4.22. The highest BCUT2D eigenvalue weighted by molar-refractivity contribution is 5.98. The number of nitrogens with one attached hydrogen (secondary N) is 1. The van der Waals surface area contributed by atoms with Crippen molar-refractivity contribution in [1.82, 2.24) is 5.32 Å². The minimum atomic E-state index is -0.963. The number of carboxylic acids is 1. The van der Waals surface area contributed by atoms with Gasteiger partial charge in [-0.15, -0.1) is 0 Å². The van der Waals surface area contributed by atoms with Gasteiger partial charge in [-0.1, -0.05) is 19.3 Å². The van der Waals surface area contributed by atoms with Crippen LogP contribution >= 0.6 is 0 Å². The van der Waals surface area contributed by atoms with Crippen LogP contribution in [0.2, 0.25) is 0 Å². The molecule has 0 saturated heterocycles. The molecule has 2 rings (SSSR count). The normalized spacial score (nSPS) is 16.7. The van der Waals surface area contributed by atoms with Crippen LogP contribution < -0.4 is 10.1 Å². The van der Waals surface area contributed by atoms with E-state index in [1.165, 1.54) is 6.42 Å². The van der Waals surface area contributed by atoms with Crippen molar-refractivity contribution in [2.75, 3.05) is 6.61 Å². The van der Waals surface area contributed by atoms with Crippen LogP contribution in [0.4, 0.5) is 0 Å². The van der Waals surface area contributed by atoms with Crippen molar-refractivity contribution >= 4 is 11.8 Å². The van der Waals surface area contributed by atoms with Gasteiger partial charge >= 0.3 is 5.97 Å². The molecule has 0 aromatic heterocycles. The van der Waals surface area contributed by atoms with Crippen molar-refractivity contribution in [3.05, 3.63) is 29.8 Å². The highest BCUT2D eigenvalue weighted by Gasteiger charge is 2.25. The predicted octanol–water partition coefficient (Wildman–Crippen LogP) is 3.03. The lowest BCUT2D eigenvalue weighted by Crippen LogP contribution is -2.45. The topological polar surface area (TPSA) is 75.6 Å². The molecule has 5 nitrogen and oxygen atoms in total. The molecule has 1 atom stereocenters. The standard InChI is InChI=1S/C18H25NO4/c1-2-23-15-10-8-13(9-11-15)17(20)12-16(18(21)22)19-14-6-4-3-5-7-14/h8-11,14,16,19H,2-7,12H2,1H3,(H,21,22)/t16-/m1/s1. The summed E-state index contributed by atoms with van der Waals surface area (Å²) in [5.74, 6) is -0.419. The Bertz CT molecular complexity index is 520. The van der Waals surface area contributed by atoms with Crippen molar-refractivity contribution < 1.29 is 19.4 Å². The summed E-state index contributed by atoms with van der Waals surface area (Å²) in [5, 5.41) is 12.5. The molecule has 126 valence electrons. The summed E-state index contributed by atoms with van der Waals surface area (Å²) in [6, 6.07) is 6.23. The SMILES string of the molecule is CCOc1ccc(C(=O)C[C@@H](NC2CCCCC2)C(=O)O)cc1. The summed E-state index contributed by atoms with van der Waals surface area (Å²) < 4.78 is 5.34. The van der Waals surface area contributed by atoms with Crippen LogP contribution in [0, 0.1) is 0 Å². The molecule has 0 amide bonds. The lowest BCUT2D eigenvalue weighted by atomic mass is 9.94. The molecule has 0 unspecified atom stereocenters. The fourth-order valence-electron chi connectivity index (χ4n) is 2.98. The van der Waals surface area contributed by atoms with Crippen LogP contribution in [0.1, 0.15) is 55.8 Å². The van der Waals surface area contributed by atoms with Crippen molar-refractivity contribution in [2.24, 2.45) is 0 Å². The lowest BCUT2D eigenvalue weighted by molar-refractivity contribution is -0.139. The summed E-state index contributed by atoms with van der Waals surface area (Å²) in [6.45, 7) is 2.47. The average molecular weight is 319 g/mol. The van der Waals surface area contributed by atoms with Gasteiger partial charge in [0, 0.05) is 18.0 Å². The molecule has 1 aliphatic rings. The van der Waals surface area contributed by atoms with Gasteiger partial charge in [0.25, 0.3) is 0 Å². The Hall–Kier alpha value is -1.88. The number of rotatable bonds is 8. The second kappa shape index (κ2) is 8.67. The van der Waals surface area contributed by atoms with E-state index in [0.717, 1.165) is 25.7 Å². The molecule has 23 heavy (non-hydrogen) atoms. The zero-order valence-electron chi connectivity index (χ0n) is 13.6. The number of aliphatic carboxylic acids is 1. The van der Waals surface area contributed by atoms with Crippen LogP contribution in [-0.4, -0.2) is 35.5 Å². The van der Waals surface area contributed by atoms with E-state index in [0.29, 0.717) is 17.9 Å². The van der Waals surface area contributed by atoms with E-state index in [4.69, 9.17) is 4.74 Å². The summed E-state index contributed by atoms with van der Waals surface area (Å²) >= 11 is 0. The Morgan fingerprint density at radius 1 is 1.22 bits per heavy atom. The van der Waals surface area contributed by atoms with E-state index in [-0.39, 0.29) is 18.2 Å². The average Bonchev–Trinajstić information content (AvgIpc) is 2.56. The first-order chi connectivity index (χ1) is 11.1. The smallest absolute Gasteiger partial charge is 0.321 e. The van der Waals surface area contributed by atoms with Crippen molar-refractivity contribution in [2.45, 2.75) is 57.5 Å². The van der Waals surface area contributed by atoms with Gasteiger partial charge in [0.1, 0.15) is 11.8 Å². The number of carboxylic acid groups (broad SMARTS) is 1. The molecular formula is C18H25NO4. The number of benzene rings is 1. The Morgan fingerprint density at radius 2 is 1.87 bits per heavy atom. The van der Waals surface area contributed by atoms with Gasteiger partial charge in [-0.05, 0) is 44.0 Å². The van der Waals surface area contributed by atoms with Gasteiger partial charge in [0.05, 0.1) is 6.61 Å². The highest BCUT2D eigenvalue weighted by Crippen LogP contribution is 2.19. The van der Waals surface area contributed by atoms with E-state index in [9.17, 15) is 14.7 Å². The number of ether oxygens (including phenoxy) is 1. The Labute approximate surface area is 137 Å². The molecule has 2 N–H and O–H groups in total. The number of ketones is 1. The summed E-state index contributed by atoms with van der Waals surface area (Å²) in [4.78, 5) is 23.8. The number of carbonyl (C=O) groups excluding carboxylic acids is 1. The predicted molar refractivity (Wildman–Crippen MR) is 88.0 cm³/mol. The van der Waals surface area contributed by atoms with Gasteiger partial charge in [0.2, 0.25) is 0 Å². The van der Waals surface area contributed by atoms with Crippen LogP contribution in [0.25, 0.3) is 0 Å². The molecule has 1 aromatic carbocycles. The molecule has 5 heteroatoms. The zero-order valence-corrected chi connectivity index (χ0v) is 13.6. The Balaban J connectivity index is 1.95. The minimum absolute atomic E-state index is 0.0280. The first-order valence-corrected chi connectivity index (χ1v) is 8.35. The molecule has 0 bridgehead atoms. The monoisotopic (exact) mass is 319 g/mol. The molecule has 0 heterocycles. The first-order valence-electron chi connectivity index (χ1n) is 8.35. The third-order valence-electron chi connectivity index (χ3n) is 4.22. The fourth-order valence-corrected chi connectivity index (χ4v) is 2.98. The van der Waals surface area contributed by atoms with Crippen LogP contribution in [0.5, 0.6) is 5.75 Å². The summed E-state index contributed by atoms with van der Waals surface area (Å²) in [6.07, 6.45) is 5.40. The summed E-state index contributed by atoms with van der Waals surface area (Å²) in [7, 11) is 0. The van der Waals surface area contributed by atoms with Crippen molar-refractivity contribution in [1.29, 1.82) is 0 Å². The molecule has 0 aliphatic heterocycles. The maximum Gasteiger partial charge on any atom is 0.321 e. The number of hydrogen-bond acceptors (Lipinski definition) is 4. The maximum atomic E-state index is 12.3. The molecule has 1 fully saturated rings. The molecule has 0 spiro atoms. The molecule has 1 saturated carbocycles. The quantitative estimate of drug-likeness (QED) is 0.720. The lowest BCUT2D eigenvalue weighted by Gasteiger charge is -2.26. The minimum Gasteiger partial charge on any atom is -0.494 e. The molecule has 1 aromatic rings. The van der Waals surface area contributed by atoms with Crippen LogP contribution in [-0.2, 0) is 4.79 Å². The van der Waals surface area contributed by atoms with E-state index in [2.05, 4.69) is 5.32 Å². The van der Waals surface area contributed by atoms with Gasteiger partial charge in [-0.3, -0.25) is 9.59 Å². The van der Waals surface area contributed by atoms with Gasteiger partial charge < -0.3 is 15.2 Å². The number of hydrogen-bond donors (Lipinski definition) is 2. The summed E-state index contributed by atoms with van der Waals surface area (Å²) in [5.41, 5.74) is 0.519. The second-order valence-corrected chi connectivity index (χ2v) is 5.98. The number of carbonyl (C=O) groups is 2. The van der Waals surface area contributed by atoms with Crippen molar-refractivity contribution in [3.8, 4) is 5.75 Å². The highest BCUT2D eigenvalue weighted by atomic mass is 16.5. The van der Waals surface area contributed by atoms with E-state index in [1.54, 1.807) is 24.3 Å². The largest absolute Gasteiger partial charge is 0.494 e. The van der Waals surface area contributed by atoms with E-state index >= 15 is 0 Å². The van der Waals surface area contributed by atoms with Crippen LogP contribution in [0.3, 0.4) is 0 Å². The third kappa shape index (κ3) is 5.36. The first kappa shape index (κ1) is 17.5. The Kier molecular flexibility index (Phi) is 6.59. The van der Waals surface area contributed by atoms with Gasteiger partial charge in [-0.25, -0.2) is 0 Å². The van der Waals surface area contributed by atoms with Gasteiger partial charge in [-0.2, -0.15) is 0 Å². The molecule has 1 aliphatic carbocycles. The Morgan fingerprint density at radius 3 is 2.43 bits per heavy atom. The zero-order chi connectivity index (χ0) is 16.7. The molecular weight excluding hydrogens is 294 g/mol. The number of Topliss-reactive ketones (excluding diaryl/α,β-unsaturated/α-hetero) is 1. The molecule has 0 radical (unpaired) electrons. The fraction of sp³-hybridized carbons (Fsp3) is 0.556. The van der Waals surface area contributed by atoms with E-state index < -0.39 is 12.0 Å². The van der Waals surface area contributed by atoms with Gasteiger partial charge in [0.15, 0.2) is 5.78 Å².